The summed E-state index contributed by atoms with van der Waals surface area (Å²) >= 11 is 1.24. The average molecular weight is 440 g/mol. The predicted molar refractivity (Wildman–Crippen MR) is 120 cm³/mol. The summed E-state index contributed by atoms with van der Waals surface area (Å²) in [5.74, 6) is 1.11. The quantitative estimate of drug-likeness (QED) is 0.495. The number of aromatic nitrogens is 3. The van der Waals surface area contributed by atoms with Gasteiger partial charge in [-0.1, -0.05) is 49.9 Å². The highest BCUT2D eigenvalue weighted by atomic mass is 32.2. The van der Waals surface area contributed by atoms with Crippen LogP contribution in [0.4, 0.5) is 5.69 Å². The fraction of sp³-hybridized carbons (Fsp3) is 0.273. The number of anilines is 1. The summed E-state index contributed by atoms with van der Waals surface area (Å²) in [4.78, 5) is 23.8. The lowest BCUT2D eigenvalue weighted by atomic mass is 10.0. The number of nitrogens with zero attached hydrogens (tertiary/aromatic N) is 3. The van der Waals surface area contributed by atoms with Gasteiger partial charge < -0.3 is 20.4 Å². The van der Waals surface area contributed by atoms with Gasteiger partial charge in [0.1, 0.15) is 12.4 Å². The zero-order chi connectivity index (χ0) is 22.4. The van der Waals surface area contributed by atoms with Gasteiger partial charge in [-0.3, -0.25) is 9.59 Å². The Labute approximate surface area is 185 Å². The van der Waals surface area contributed by atoms with Gasteiger partial charge in [0.05, 0.1) is 17.0 Å². The zero-order valence-corrected chi connectivity index (χ0v) is 18.5. The molecule has 3 rings (SSSR count). The lowest BCUT2D eigenvalue weighted by Crippen LogP contribution is -2.19. The number of primary amides is 1. The summed E-state index contributed by atoms with van der Waals surface area (Å²) < 4.78 is 7.59. The van der Waals surface area contributed by atoms with Crippen LogP contribution in [-0.2, 0) is 18.4 Å². The highest BCUT2D eigenvalue weighted by Gasteiger charge is 2.14. The molecule has 0 spiro atoms. The molecule has 0 unspecified atom stereocenters. The van der Waals surface area contributed by atoms with E-state index in [0.717, 1.165) is 5.75 Å². The summed E-state index contributed by atoms with van der Waals surface area (Å²) in [7, 11) is 1.82. The number of ether oxygens (including phenoxy) is 1. The molecule has 2 amide bonds. The van der Waals surface area contributed by atoms with Crippen molar-refractivity contribution in [1.82, 2.24) is 14.8 Å². The fourth-order valence-corrected chi connectivity index (χ4v) is 3.55. The van der Waals surface area contributed by atoms with Crippen LogP contribution in [-0.4, -0.2) is 32.3 Å². The second-order valence-corrected chi connectivity index (χ2v) is 8.16. The van der Waals surface area contributed by atoms with Crippen LogP contribution in [0.15, 0.2) is 53.7 Å². The molecule has 0 aliphatic heterocycles. The van der Waals surface area contributed by atoms with E-state index in [4.69, 9.17) is 10.5 Å². The van der Waals surface area contributed by atoms with E-state index in [1.54, 1.807) is 28.8 Å². The third-order valence-corrected chi connectivity index (χ3v) is 5.66. The first kappa shape index (κ1) is 22.4. The maximum absolute atomic E-state index is 12.3. The van der Waals surface area contributed by atoms with Gasteiger partial charge in [-0.05, 0) is 35.7 Å². The first-order chi connectivity index (χ1) is 14.8. The molecule has 1 aromatic heterocycles. The molecule has 162 valence electrons. The highest BCUT2D eigenvalue weighted by Crippen LogP contribution is 2.21. The fourth-order valence-electron chi connectivity index (χ4n) is 2.82. The van der Waals surface area contributed by atoms with Gasteiger partial charge in [-0.15, -0.1) is 10.2 Å². The SMILES string of the molecule is CC(C)c1ccc(OCc2nnc(SCC(=O)Nc3ccccc3C(N)=O)n2C)cc1. The Morgan fingerprint density at radius 2 is 1.84 bits per heavy atom. The number of hydrogen-bond acceptors (Lipinski definition) is 6. The minimum Gasteiger partial charge on any atom is -0.486 e. The number of thioether (sulfide) groups is 1. The maximum atomic E-state index is 12.3. The van der Waals surface area contributed by atoms with Crippen molar-refractivity contribution in [2.75, 3.05) is 11.1 Å². The van der Waals surface area contributed by atoms with Crippen LogP contribution in [0.25, 0.3) is 0 Å². The molecule has 31 heavy (non-hydrogen) atoms. The molecule has 0 fully saturated rings. The van der Waals surface area contributed by atoms with Crippen LogP contribution in [0.2, 0.25) is 0 Å². The van der Waals surface area contributed by atoms with Crippen molar-refractivity contribution in [3.63, 3.8) is 0 Å². The molecule has 1 heterocycles. The van der Waals surface area contributed by atoms with Gasteiger partial charge in [-0.2, -0.15) is 0 Å². The topological polar surface area (TPSA) is 112 Å². The standard InChI is InChI=1S/C22H25N5O3S/c1-14(2)15-8-10-16(11-9-15)30-12-19-25-26-22(27(19)3)31-13-20(28)24-18-7-5-4-6-17(18)21(23)29/h4-11,14H,12-13H2,1-3H3,(H2,23,29)(H,24,28). The third-order valence-electron chi connectivity index (χ3n) is 4.64. The Balaban J connectivity index is 1.54. The zero-order valence-electron chi connectivity index (χ0n) is 17.7. The molecule has 0 aliphatic rings. The van der Waals surface area contributed by atoms with Crippen molar-refractivity contribution in [2.24, 2.45) is 12.8 Å². The number of nitrogens with two attached hydrogens (primary N) is 1. The van der Waals surface area contributed by atoms with Crippen LogP contribution in [0.5, 0.6) is 5.75 Å². The van der Waals surface area contributed by atoms with Crippen LogP contribution in [0.3, 0.4) is 0 Å². The molecule has 0 atom stereocenters. The van der Waals surface area contributed by atoms with E-state index in [9.17, 15) is 9.59 Å². The molecule has 0 bridgehead atoms. The molecule has 0 saturated heterocycles. The first-order valence-electron chi connectivity index (χ1n) is 9.77. The Morgan fingerprint density at radius 3 is 2.52 bits per heavy atom. The number of carbonyl (C=O) groups is 2. The monoisotopic (exact) mass is 439 g/mol. The Bertz CT molecular complexity index is 1060. The lowest BCUT2D eigenvalue weighted by Gasteiger charge is -2.09. The van der Waals surface area contributed by atoms with E-state index in [2.05, 4.69) is 29.4 Å². The predicted octanol–water partition coefficient (Wildman–Crippen LogP) is 3.35. The lowest BCUT2D eigenvalue weighted by molar-refractivity contribution is -0.113. The van der Waals surface area contributed by atoms with Crippen molar-refractivity contribution >= 4 is 29.3 Å². The van der Waals surface area contributed by atoms with Gasteiger partial charge in [0, 0.05) is 7.05 Å². The number of amides is 2. The number of carbonyl (C=O) groups excluding carboxylic acids is 2. The molecule has 8 nitrogen and oxygen atoms in total. The molecular formula is C22H25N5O3S. The van der Waals surface area contributed by atoms with Gasteiger partial charge in [0.2, 0.25) is 5.91 Å². The van der Waals surface area contributed by atoms with Crippen LogP contribution < -0.4 is 15.8 Å². The maximum Gasteiger partial charge on any atom is 0.250 e. The summed E-state index contributed by atoms with van der Waals surface area (Å²) in [6.45, 7) is 4.56. The largest absolute Gasteiger partial charge is 0.486 e. The van der Waals surface area contributed by atoms with Crippen molar-refractivity contribution in [2.45, 2.75) is 31.5 Å². The van der Waals surface area contributed by atoms with E-state index >= 15 is 0 Å². The van der Waals surface area contributed by atoms with Gasteiger partial charge in [0.15, 0.2) is 11.0 Å². The van der Waals surface area contributed by atoms with Crippen molar-refractivity contribution in [1.29, 1.82) is 0 Å². The molecule has 3 N–H and O–H groups in total. The number of benzene rings is 2. The van der Waals surface area contributed by atoms with E-state index in [1.165, 1.54) is 17.3 Å². The Hall–Kier alpha value is -3.33. The molecule has 0 aliphatic carbocycles. The molecule has 2 aromatic carbocycles. The first-order valence-corrected chi connectivity index (χ1v) is 10.8. The van der Waals surface area contributed by atoms with Gasteiger partial charge in [-0.25, -0.2) is 0 Å². The molecular weight excluding hydrogens is 414 g/mol. The Morgan fingerprint density at radius 1 is 1.13 bits per heavy atom. The second-order valence-electron chi connectivity index (χ2n) is 7.22. The Kier molecular flexibility index (Phi) is 7.30. The number of hydrogen-bond donors (Lipinski definition) is 2. The number of para-hydroxylation sites is 1. The van der Waals surface area contributed by atoms with E-state index in [1.807, 2.05) is 31.3 Å². The van der Waals surface area contributed by atoms with Crippen molar-refractivity contribution in [3.05, 3.63) is 65.5 Å². The van der Waals surface area contributed by atoms with Crippen LogP contribution >= 0.6 is 11.8 Å². The third kappa shape index (κ3) is 5.85. The van der Waals surface area contributed by atoms with Gasteiger partial charge in [0.25, 0.3) is 5.91 Å². The number of rotatable bonds is 9. The average Bonchev–Trinajstić information content (AvgIpc) is 3.10. The minimum absolute atomic E-state index is 0.108. The normalized spacial score (nSPS) is 10.8. The van der Waals surface area contributed by atoms with Crippen molar-refractivity contribution in [3.8, 4) is 5.75 Å². The smallest absolute Gasteiger partial charge is 0.250 e. The molecule has 9 heteroatoms. The summed E-state index contributed by atoms with van der Waals surface area (Å²) in [5, 5.41) is 11.6. The summed E-state index contributed by atoms with van der Waals surface area (Å²) in [5.41, 5.74) is 7.24. The van der Waals surface area contributed by atoms with E-state index < -0.39 is 5.91 Å². The van der Waals surface area contributed by atoms with Crippen LogP contribution in [0, 0.1) is 0 Å². The van der Waals surface area contributed by atoms with Gasteiger partial charge >= 0.3 is 0 Å². The summed E-state index contributed by atoms with van der Waals surface area (Å²) in [6.07, 6.45) is 0. The summed E-state index contributed by atoms with van der Waals surface area (Å²) in [6, 6.07) is 14.6. The second kappa shape index (κ2) is 10.1. The molecule has 3 aromatic rings. The van der Waals surface area contributed by atoms with Crippen LogP contribution in [0.1, 0.15) is 41.5 Å². The minimum atomic E-state index is -0.597. The molecule has 0 saturated carbocycles. The number of nitrogens with one attached hydrogen (secondary N) is 1. The van der Waals surface area contributed by atoms with Crippen molar-refractivity contribution < 1.29 is 14.3 Å². The van der Waals surface area contributed by atoms with E-state index in [0.29, 0.717) is 22.6 Å². The highest BCUT2D eigenvalue weighted by molar-refractivity contribution is 7.99. The van der Waals surface area contributed by atoms with E-state index in [-0.39, 0.29) is 23.8 Å². The molecule has 0 radical (unpaired) electrons.